The van der Waals surface area contributed by atoms with Gasteiger partial charge in [0, 0.05) is 25.0 Å². The first-order valence-electron chi connectivity index (χ1n) is 12.3. The molecule has 0 bridgehead atoms. The van der Waals surface area contributed by atoms with Crippen molar-refractivity contribution in [3.05, 3.63) is 100 Å². The average Bonchev–Trinajstić information content (AvgIpc) is 3.67. The smallest absolute Gasteiger partial charge is 0.408 e. The van der Waals surface area contributed by atoms with E-state index in [9.17, 15) is 4.79 Å². The predicted octanol–water partition coefficient (Wildman–Crippen LogP) is 4.60. The molecule has 1 amide bonds. The van der Waals surface area contributed by atoms with Crippen molar-refractivity contribution in [1.29, 1.82) is 0 Å². The van der Waals surface area contributed by atoms with E-state index in [0.717, 1.165) is 42.5 Å². The predicted molar refractivity (Wildman–Crippen MR) is 132 cm³/mol. The van der Waals surface area contributed by atoms with Crippen molar-refractivity contribution in [1.82, 2.24) is 24.9 Å². The van der Waals surface area contributed by atoms with Crippen LogP contribution in [0, 0.1) is 0 Å². The van der Waals surface area contributed by atoms with Gasteiger partial charge in [-0.2, -0.15) is 10.2 Å². The third-order valence-corrected chi connectivity index (χ3v) is 7.11. The van der Waals surface area contributed by atoms with Gasteiger partial charge in [0.15, 0.2) is 0 Å². The second-order valence-electron chi connectivity index (χ2n) is 9.48. The van der Waals surface area contributed by atoms with E-state index < -0.39 is 12.1 Å². The fraction of sp³-hybridized carbons (Fsp3) is 0.321. The number of aryl methyl sites for hydroxylation is 3. The molecule has 6 rings (SSSR count). The highest BCUT2D eigenvalue weighted by Gasteiger charge is 2.27. The van der Waals surface area contributed by atoms with Gasteiger partial charge in [0.2, 0.25) is 0 Å². The van der Waals surface area contributed by atoms with Gasteiger partial charge in [-0.25, -0.2) is 9.48 Å². The van der Waals surface area contributed by atoms with Gasteiger partial charge in [-0.1, -0.05) is 36.4 Å². The summed E-state index contributed by atoms with van der Waals surface area (Å²) in [6, 6.07) is 13.6. The van der Waals surface area contributed by atoms with Crippen LogP contribution in [0.15, 0.2) is 61.1 Å². The molecule has 0 fully saturated rings. The maximum atomic E-state index is 12.8. The monoisotopic (exact) mass is 467 g/mol. The molecule has 1 unspecified atom stereocenters. The zero-order valence-electron chi connectivity index (χ0n) is 19.9. The molecule has 2 aromatic heterocycles. The van der Waals surface area contributed by atoms with E-state index in [1.54, 1.807) is 4.68 Å². The zero-order chi connectivity index (χ0) is 23.8. The molecule has 7 nitrogen and oxygen atoms in total. The molecule has 4 aromatic rings. The molecule has 0 saturated carbocycles. The van der Waals surface area contributed by atoms with Crippen LogP contribution in [-0.2, 0) is 44.1 Å². The molecule has 0 aliphatic heterocycles. The highest BCUT2D eigenvalue weighted by Crippen LogP contribution is 2.37. The van der Waals surface area contributed by atoms with Crippen LogP contribution in [0.5, 0.6) is 0 Å². The van der Waals surface area contributed by atoms with E-state index in [0.29, 0.717) is 0 Å². The van der Waals surface area contributed by atoms with Crippen LogP contribution in [0.4, 0.5) is 4.79 Å². The van der Waals surface area contributed by atoms with Gasteiger partial charge in [-0.15, -0.1) is 0 Å². The Morgan fingerprint density at radius 3 is 2.49 bits per heavy atom. The number of nitrogens with zero attached hydrogens (tertiary/aromatic N) is 4. The number of hydrogen-bond donors (Lipinski definition) is 1. The lowest BCUT2D eigenvalue weighted by Gasteiger charge is -2.17. The average molecular weight is 468 g/mol. The van der Waals surface area contributed by atoms with E-state index in [-0.39, 0.29) is 6.61 Å². The third kappa shape index (κ3) is 4.22. The first kappa shape index (κ1) is 21.6. The van der Waals surface area contributed by atoms with Crippen molar-refractivity contribution in [2.75, 3.05) is 0 Å². The summed E-state index contributed by atoms with van der Waals surface area (Å²) in [7, 11) is 1.87. The molecular weight excluding hydrogens is 438 g/mol. The minimum Gasteiger partial charge on any atom is -0.445 e. The summed E-state index contributed by atoms with van der Waals surface area (Å²) in [4.78, 5) is 12.8. The maximum absolute atomic E-state index is 12.8. The number of aromatic nitrogens is 4. The van der Waals surface area contributed by atoms with E-state index in [2.05, 4.69) is 16.5 Å². The SMILES string of the molecule is Cn1ccc(C(NC(=O)OCc2ccccc2)c2cnn(-c3c4c(cc5c3CCC5)CCC4)c2)n1. The van der Waals surface area contributed by atoms with Crippen LogP contribution in [0.25, 0.3) is 5.69 Å². The lowest BCUT2D eigenvalue weighted by molar-refractivity contribution is 0.137. The van der Waals surface area contributed by atoms with Gasteiger partial charge in [-0.3, -0.25) is 4.68 Å². The van der Waals surface area contributed by atoms with Gasteiger partial charge in [0.1, 0.15) is 12.6 Å². The highest BCUT2D eigenvalue weighted by atomic mass is 16.5. The number of hydrogen-bond acceptors (Lipinski definition) is 4. The van der Waals surface area contributed by atoms with E-state index in [1.165, 1.54) is 40.8 Å². The molecule has 2 aliphatic carbocycles. The van der Waals surface area contributed by atoms with Gasteiger partial charge in [0.25, 0.3) is 0 Å². The Balaban J connectivity index is 1.30. The number of fused-ring (bicyclic) bond motifs is 2. The summed E-state index contributed by atoms with van der Waals surface area (Å²) in [5, 5.41) is 12.4. The molecule has 2 aliphatic rings. The van der Waals surface area contributed by atoms with Crippen LogP contribution in [0.2, 0.25) is 0 Å². The Morgan fingerprint density at radius 1 is 1.06 bits per heavy atom. The summed E-state index contributed by atoms with van der Waals surface area (Å²) in [6.07, 6.45) is 12.2. The van der Waals surface area contributed by atoms with Crippen LogP contribution in [-0.4, -0.2) is 25.7 Å². The highest BCUT2D eigenvalue weighted by molar-refractivity contribution is 5.68. The Kier molecular flexibility index (Phi) is 5.60. The second kappa shape index (κ2) is 9.06. The third-order valence-electron chi connectivity index (χ3n) is 7.11. The molecule has 178 valence electrons. The molecule has 7 heteroatoms. The number of benzene rings is 2. The summed E-state index contributed by atoms with van der Waals surface area (Å²) >= 11 is 0. The first-order chi connectivity index (χ1) is 17.2. The number of carbonyl (C=O) groups excluding carboxylic acids is 1. The Morgan fingerprint density at radius 2 is 1.80 bits per heavy atom. The van der Waals surface area contributed by atoms with Crippen LogP contribution in [0.1, 0.15) is 58.0 Å². The minimum atomic E-state index is -0.487. The Hall–Kier alpha value is -3.87. The lowest BCUT2D eigenvalue weighted by atomic mass is 9.99. The van der Waals surface area contributed by atoms with Crippen molar-refractivity contribution in [3.8, 4) is 5.69 Å². The van der Waals surface area contributed by atoms with E-state index in [4.69, 9.17) is 9.84 Å². The number of nitrogens with one attached hydrogen (secondary N) is 1. The summed E-state index contributed by atoms with van der Waals surface area (Å²) in [6.45, 7) is 0.211. The second-order valence-corrected chi connectivity index (χ2v) is 9.48. The summed E-state index contributed by atoms with van der Waals surface area (Å²) in [5.41, 5.74) is 9.63. The number of ether oxygens (including phenoxy) is 1. The molecule has 0 spiro atoms. The number of rotatable bonds is 6. The molecule has 1 atom stereocenters. The van der Waals surface area contributed by atoms with Gasteiger partial charge >= 0.3 is 6.09 Å². The van der Waals surface area contributed by atoms with Crippen LogP contribution < -0.4 is 5.32 Å². The molecule has 1 N–H and O–H groups in total. The normalized spacial score (nSPS) is 15.0. The number of carbonyl (C=O) groups is 1. The fourth-order valence-electron chi connectivity index (χ4n) is 5.47. The van der Waals surface area contributed by atoms with Crippen molar-refractivity contribution in [2.45, 2.75) is 51.2 Å². The topological polar surface area (TPSA) is 74.0 Å². The largest absolute Gasteiger partial charge is 0.445 e. The van der Waals surface area contributed by atoms with E-state index >= 15 is 0 Å². The standard InChI is InChI=1S/C28H29N5O2/c1-32-14-13-25(31-32)26(30-28(34)35-18-19-7-3-2-4-8-19)22-16-29-33(17-22)27-23-11-5-9-20(23)15-21-10-6-12-24(21)27/h2-4,7-8,13-17,26H,5-6,9-12,18H2,1H3,(H,30,34). The van der Waals surface area contributed by atoms with Gasteiger partial charge in [0.05, 0.1) is 17.6 Å². The Bertz CT molecular complexity index is 1340. The zero-order valence-corrected chi connectivity index (χ0v) is 19.9. The van der Waals surface area contributed by atoms with Crippen molar-refractivity contribution < 1.29 is 9.53 Å². The number of amides is 1. The number of alkyl carbamates (subject to hydrolysis) is 1. The maximum Gasteiger partial charge on any atom is 0.408 e. The van der Waals surface area contributed by atoms with Crippen molar-refractivity contribution in [3.63, 3.8) is 0 Å². The first-order valence-corrected chi connectivity index (χ1v) is 12.3. The van der Waals surface area contributed by atoms with Gasteiger partial charge < -0.3 is 10.1 Å². The molecule has 35 heavy (non-hydrogen) atoms. The van der Waals surface area contributed by atoms with Crippen molar-refractivity contribution >= 4 is 6.09 Å². The minimum absolute atomic E-state index is 0.211. The Labute approximate surface area is 204 Å². The van der Waals surface area contributed by atoms with Crippen LogP contribution in [0.3, 0.4) is 0 Å². The molecule has 0 saturated heterocycles. The van der Waals surface area contributed by atoms with E-state index in [1.807, 2.05) is 66.7 Å². The molecule has 2 heterocycles. The van der Waals surface area contributed by atoms with Crippen molar-refractivity contribution in [2.24, 2.45) is 7.05 Å². The fourth-order valence-corrected chi connectivity index (χ4v) is 5.47. The summed E-state index contributed by atoms with van der Waals surface area (Å²) < 4.78 is 9.27. The molecular formula is C28H29N5O2. The summed E-state index contributed by atoms with van der Waals surface area (Å²) in [5.74, 6) is 0. The quantitative estimate of drug-likeness (QED) is 0.450. The molecule has 2 aromatic carbocycles. The molecule has 0 radical (unpaired) electrons. The van der Waals surface area contributed by atoms with Crippen LogP contribution >= 0.6 is 0 Å². The lowest BCUT2D eigenvalue weighted by Crippen LogP contribution is -2.30. The van der Waals surface area contributed by atoms with Gasteiger partial charge in [-0.05, 0) is 72.4 Å².